The highest BCUT2D eigenvalue weighted by Crippen LogP contribution is 2.29. The molecule has 106 valence electrons. The number of benzene rings is 1. The average Bonchev–Trinajstić information content (AvgIpc) is 2.90. The van der Waals surface area contributed by atoms with Crippen molar-refractivity contribution in [3.05, 3.63) is 40.5 Å². The molecule has 2 heterocycles. The number of hydrogen-bond acceptors (Lipinski definition) is 3. The van der Waals surface area contributed by atoms with E-state index in [0.29, 0.717) is 18.1 Å². The maximum Gasteiger partial charge on any atom is 0.237 e. The highest BCUT2D eigenvalue weighted by Gasteiger charge is 2.25. The van der Waals surface area contributed by atoms with Crippen LogP contribution in [0, 0.1) is 11.3 Å². The molecule has 0 atom stereocenters. The smallest absolute Gasteiger partial charge is 0.237 e. The zero-order valence-corrected chi connectivity index (χ0v) is 12.0. The van der Waals surface area contributed by atoms with Crippen molar-refractivity contribution in [2.24, 2.45) is 0 Å². The van der Waals surface area contributed by atoms with Gasteiger partial charge in [-0.25, -0.2) is 0 Å². The van der Waals surface area contributed by atoms with E-state index in [4.69, 9.17) is 16.9 Å². The minimum absolute atomic E-state index is 0.0836. The van der Waals surface area contributed by atoms with Gasteiger partial charge in [-0.05, 0) is 12.1 Å². The van der Waals surface area contributed by atoms with Gasteiger partial charge in [0.05, 0.1) is 11.8 Å². The Balaban J connectivity index is 1.93. The minimum atomic E-state index is -0.138. The molecule has 0 radical (unpaired) electrons. The summed E-state index contributed by atoms with van der Waals surface area (Å²) >= 11 is 6.03. The number of aromatic nitrogens is 2. The van der Waals surface area contributed by atoms with E-state index >= 15 is 0 Å². The second-order valence-electron chi connectivity index (χ2n) is 4.94. The van der Waals surface area contributed by atoms with Gasteiger partial charge >= 0.3 is 0 Å². The summed E-state index contributed by atoms with van der Waals surface area (Å²) < 4.78 is 0. The van der Waals surface area contributed by atoms with Crippen molar-refractivity contribution in [1.82, 2.24) is 15.1 Å². The standard InChI is InChI=1S/C15H13ClN4O/c16-11-3-1-2-10(8-11)15-12-9-20(14(21)4-6-17)7-5-13(12)18-19-15/h1-3,8H,4-5,7,9H2,(H,18,19). The molecule has 1 aromatic heterocycles. The molecule has 0 fully saturated rings. The van der Waals surface area contributed by atoms with Crippen molar-refractivity contribution >= 4 is 17.5 Å². The molecular weight excluding hydrogens is 288 g/mol. The van der Waals surface area contributed by atoms with Crippen molar-refractivity contribution in [3.63, 3.8) is 0 Å². The van der Waals surface area contributed by atoms with Crippen LogP contribution in [0.3, 0.4) is 0 Å². The summed E-state index contributed by atoms with van der Waals surface area (Å²) in [5.41, 5.74) is 3.80. The molecule has 0 saturated heterocycles. The molecule has 0 spiro atoms. The first kappa shape index (κ1) is 13.7. The summed E-state index contributed by atoms with van der Waals surface area (Å²) in [6, 6.07) is 9.39. The Hall–Kier alpha value is -2.32. The Bertz CT molecular complexity index is 732. The molecule has 1 aromatic carbocycles. The van der Waals surface area contributed by atoms with Crippen molar-refractivity contribution in [1.29, 1.82) is 5.26 Å². The summed E-state index contributed by atoms with van der Waals surface area (Å²) in [4.78, 5) is 13.6. The summed E-state index contributed by atoms with van der Waals surface area (Å²) in [6.45, 7) is 1.10. The topological polar surface area (TPSA) is 72.8 Å². The second-order valence-corrected chi connectivity index (χ2v) is 5.38. The van der Waals surface area contributed by atoms with Crippen molar-refractivity contribution in [3.8, 4) is 17.3 Å². The number of nitrogens with zero attached hydrogens (tertiary/aromatic N) is 3. The molecule has 0 unspecified atom stereocenters. The molecule has 2 aromatic rings. The van der Waals surface area contributed by atoms with Gasteiger partial charge in [0.25, 0.3) is 0 Å². The van der Waals surface area contributed by atoms with Crippen LogP contribution in [-0.4, -0.2) is 27.5 Å². The summed E-state index contributed by atoms with van der Waals surface area (Å²) in [6.07, 6.45) is 0.639. The molecule has 0 aliphatic carbocycles. The number of amides is 1. The van der Waals surface area contributed by atoms with E-state index < -0.39 is 0 Å². The summed E-state index contributed by atoms with van der Waals surface area (Å²) in [5, 5.41) is 16.7. The van der Waals surface area contributed by atoms with Crippen LogP contribution in [0.4, 0.5) is 0 Å². The largest absolute Gasteiger partial charge is 0.337 e. The highest BCUT2D eigenvalue weighted by molar-refractivity contribution is 6.30. The molecule has 21 heavy (non-hydrogen) atoms. The highest BCUT2D eigenvalue weighted by atomic mass is 35.5. The van der Waals surface area contributed by atoms with Gasteiger partial charge in [-0.1, -0.05) is 23.7 Å². The van der Waals surface area contributed by atoms with E-state index in [1.165, 1.54) is 0 Å². The lowest BCUT2D eigenvalue weighted by molar-refractivity contribution is -0.131. The van der Waals surface area contributed by atoms with Crippen LogP contribution >= 0.6 is 11.6 Å². The number of halogens is 1. The molecule has 1 N–H and O–H groups in total. The summed E-state index contributed by atoms with van der Waals surface area (Å²) in [7, 11) is 0. The van der Waals surface area contributed by atoms with E-state index in [-0.39, 0.29) is 12.3 Å². The van der Waals surface area contributed by atoms with Crippen LogP contribution < -0.4 is 0 Å². The van der Waals surface area contributed by atoms with Crippen molar-refractivity contribution in [2.75, 3.05) is 6.54 Å². The fourth-order valence-electron chi connectivity index (χ4n) is 2.56. The van der Waals surface area contributed by atoms with Crippen LogP contribution in [-0.2, 0) is 17.8 Å². The number of nitriles is 1. The molecule has 6 heteroatoms. The molecule has 1 amide bonds. The normalized spacial score (nSPS) is 13.6. The third-order valence-corrected chi connectivity index (χ3v) is 3.85. The predicted octanol–water partition coefficient (Wildman–Crippen LogP) is 2.53. The Labute approximate surface area is 127 Å². The maximum absolute atomic E-state index is 11.9. The fourth-order valence-corrected chi connectivity index (χ4v) is 2.75. The quantitative estimate of drug-likeness (QED) is 0.926. The van der Waals surface area contributed by atoms with Crippen LogP contribution in [0.25, 0.3) is 11.3 Å². The Morgan fingerprint density at radius 2 is 2.38 bits per heavy atom. The second kappa shape index (κ2) is 5.58. The lowest BCUT2D eigenvalue weighted by atomic mass is 10.0. The SMILES string of the molecule is N#CCC(=O)N1CCc2[nH]nc(-c3cccc(Cl)c3)c2C1. The monoisotopic (exact) mass is 300 g/mol. The molecule has 1 aliphatic heterocycles. The van der Waals surface area contributed by atoms with Gasteiger partial charge in [-0.15, -0.1) is 0 Å². The Kier molecular flexibility index (Phi) is 3.63. The zero-order valence-electron chi connectivity index (χ0n) is 11.3. The van der Waals surface area contributed by atoms with E-state index in [0.717, 1.165) is 28.9 Å². The van der Waals surface area contributed by atoms with Crippen LogP contribution in [0.1, 0.15) is 17.7 Å². The van der Waals surface area contributed by atoms with Gasteiger partial charge in [0.2, 0.25) is 5.91 Å². The number of rotatable bonds is 2. The number of aromatic amines is 1. The van der Waals surface area contributed by atoms with Gasteiger partial charge in [-0.3, -0.25) is 9.89 Å². The summed E-state index contributed by atoms with van der Waals surface area (Å²) in [5.74, 6) is -0.138. The number of carbonyl (C=O) groups is 1. The van der Waals surface area contributed by atoms with Crippen LogP contribution in [0.2, 0.25) is 5.02 Å². The van der Waals surface area contributed by atoms with Gasteiger partial charge in [0.1, 0.15) is 6.42 Å². The van der Waals surface area contributed by atoms with E-state index in [1.807, 2.05) is 30.3 Å². The van der Waals surface area contributed by atoms with Crippen LogP contribution in [0.15, 0.2) is 24.3 Å². The third-order valence-electron chi connectivity index (χ3n) is 3.61. The number of hydrogen-bond donors (Lipinski definition) is 1. The molecule has 1 aliphatic rings. The number of H-pyrrole nitrogens is 1. The molecule has 0 bridgehead atoms. The fraction of sp³-hybridized carbons (Fsp3) is 0.267. The lowest BCUT2D eigenvalue weighted by Crippen LogP contribution is -2.35. The molecule has 3 rings (SSSR count). The van der Waals surface area contributed by atoms with Crippen molar-refractivity contribution < 1.29 is 4.79 Å². The van der Waals surface area contributed by atoms with E-state index in [2.05, 4.69) is 10.2 Å². The van der Waals surface area contributed by atoms with Crippen LogP contribution in [0.5, 0.6) is 0 Å². The molecule has 5 nitrogen and oxygen atoms in total. The van der Waals surface area contributed by atoms with Gasteiger partial charge in [-0.2, -0.15) is 10.4 Å². The van der Waals surface area contributed by atoms with Gasteiger partial charge < -0.3 is 4.90 Å². The third kappa shape index (κ3) is 2.63. The Morgan fingerprint density at radius 1 is 1.52 bits per heavy atom. The van der Waals surface area contributed by atoms with Gasteiger partial charge in [0, 0.05) is 41.4 Å². The lowest BCUT2D eigenvalue weighted by Gasteiger charge is -2.26. The predicted molar refractivity (Wildman–Crippen MR) is 78.4 cm³/mol. The first-order valence-electron chi connectivity index (χ1n) is 6.66. The minimum Gasteiger partial charge on any atom is -0.337 e. The molecule has 0 saturated carbocycles. The zero-order chi connectivity index (χ0) is 14.8. The maximum atomic E-state index is 11.9. The van der Waals surface area contributed by atoms with E-state index in [1.54, 1.807) is 4.90 Å². The van der Waals surface area contributed by atoms with E-state index in [9.17, 15) is 4.79 Å². The van der Waals surface area contributed by atoms with Crippen molar-refractivity contribution in [2.45, 2.75) is 19.4 Å². The number of nitrogens with one attached hydrogen (secondary N) is 1. The first-order valence-corrected chi connectivity index (χ1v) is 7.03. The number of fused-ring (bicyclic) bond motifs is 1. The Morgan fingerprint density at radius 3 is 3.14 bits per heavy atom. The average molecular weight is 301 g/mol. The molecular formula is C15H13ClN4O. The van der Waals surface area contributed by atoms with Gasteiger partial charge in [0.15, 0.2) is 0 Å². The first-order chi connectivity index (χ1) is 10.2. The number of carbonyl (C=O) groups excluding carboxylic acids is 1.